The molecule has 0 radical (unpaired) electrons. The van der Waals surface area contributed by atoms with Crippen molar-refractivity contribution in [3.63, 3.8) is 0 Å². The maximum Gasteiger partial charge on any atom is 0.270 e. The monoisotopic (exact) mass is 442 g/mol. The zero-order chi connectivity index (χ0) is 23.2. The van der Waals surface area contributed by atoms with Crippen LogP contribution < -0.4 is 16.8 Å². The molecule has 1 aliphatic rings. The quantitative estimate of drug-likeness (QED) is 0.388. The van der Waals surface area contributed by atoms with Gasteiger partial charge in [0.1, 0.15) is 11.5 Å². The predicted octanol–water partition coefficient (Wildman–Crippen LogP) is 4.33. The molecule has 1 aromatic heterocycles. The van der Waals surface area contributed by atoms with Crippen LogP contribution in [0.4, 0.5) is 5.69 Å². The summed E-state index contributed by atoms with van der Waals surface area (Å²) in [5.41, 5.74) is 15.5. The first-order chi connectivity index (χ1) is 16.0. The van der Waals surface area contributed by atoms with Crippen LogP contribution in [-0.4, -0.2) is 21.8 Å². The second-order valence-corrected chi connectivity index (χ2v) is 8.49. The van der Waals surface area contributed by atoms with Gasteiger partial charge in [-0.25, -0.2) is 15.0 Å². The van der Waals surface area contributed by atoms with Gasteiger partial charge in [0.15, 0.2) is 5.96 Å². The van der Waals surface area contributed by atoms with Crippen molar-refractivity contribution in [3.05, 3.63) is 77.2 Å². The zero-order valence-corrected chi connectivity index (χ0v) is 18.9. The third kappa shape index (κ3) is 5.55. The van der Waals surface area contributed by atoms with Crippen LogP contribution in [0.25, 0.3) is 11.3 Å². The van der Waals surface area contributed by atoms with E-state index in [1.165, 1.54) is 19.3 Å². The number of carbonyl (C=O) groups is 1. The Balaban J connectivity index is 1.69. The number of hydrogen-bond donors (Lipinski definition) is 3. The van der Waals surface area contributed by atoms with Gasteiger partial charge in [-0.15, -0.1) is 0 Å². The van der Waals surface area contributed by atoms with E-state index < -0.39 is 0 Å². The average molecular weight is 443 g/mol. The number of guanidine groups is 1. The van der Waals surface area contributed by atoms with E-state index in [2.05, 4.69) is 10.3 Å². The Kier molecular flexibility index (Phi) is 6.98. The van der Waals surface area contributed by atoms with E-state index in [0.29, 0.717) is 17.9 Å². The maximum absolute atomic E-state index is 13.2. The van der Waals surface area contributed by atoms with Crippen molar-refractivity contribution < 1.29 is 4.79 Å². The molecule has 33 heavy (non-hydrogen) atoms. The fourth-order valence-corrected chi connectivity index (χ4v) is 4.28. The second-order valence-electron chi connectivity index (χ2n) is 8.49. The molecular weight excluding hydrogens is 412 g/mol. The summed E-state index contributed by atoms with van der Waals surface area (Å²) in [6, 6.07) is 17.4. The van der Waals surface area contributed by atoms with E-state index in [-0.39, 0.29) is 17.8 Å². The summed E-state index contributed by atoms with van der Waals surface area (Å²) in [7, 11) is 0. The van der Waals surface area contributed by atoms with Crippen LogP contribution in [0.5, 0.6) is 0 Å². The van der Waals surface area contributed by atoms with Crippen LogP contribution in [0.15, 0.2) is 59.6 Å². The smallest absolute Gasteiger partial charge is 0.270 e. The SMILES string of the molecule is Cc1c(C(=O)NCc2ccccc2)nc(C2CCCCC2)nc1-c1ccc(N=C(N)N)cc1. The largest absolute Gasteiger partial charge is 0.370 e. The maximum atomic E-state index is 13.2. The molecular formula is C26H30N6O. The van der Waals surface area contributed by atoms with Gasteiger partial charge < -0.3 is 16.8 Å². The van der Waals surface area contributed by atoms with Crippen LogP contribution in [-0.2, 0) is 6.54 Å². The van der Waals surface area contributed by atoms with Crippen LogP contribution >= 0.6 is 0 Å². The number of hydrogen-bond acceptors (Lipinski definition) is 4. The van der Waals surface area contributed by atoms with E-state index in [4.69, 9.17) is 21.4 Å². The summed E-state index contributed by atoms with van der Waals surface area (Å²) in [6.45, 7) is 2.35. The first-order valence-corrected chi connectivity index (χ1v) is 11.4. The lowest BCUT2D eigenvalue weighted by Crippen LogP contribution is -2.26. The van der Waals surface area contributed by atoms with Crippen LogP contribution in [0, 0.1) is 6.92 Å². The summed E-state index contributed by atoms with van der Waals surface area (Å²) in [6.07, 6.45) is 5.68. The minimum atomic E-state index is -0.186. The van der Waals surface area contributed by atoms with Crippen molar-refractivity contribution in [2.24, 2.45) is 16.5 Å². The molecule has 2 aromatic carbocycles. The molecule has 0 bridgehead atoms. The Labute approximate surface area is 194 Å². The lowest BCUT2D eigenvalue weighted by molar-refractivity contribution is 0.0944. The van der Waals surface area contributed by atoms with E-state index in [9.17, 15) is 4.79 Å². The minimum absolute atomic E-state index is 0.0120. The van der Waals surface area contributed by atoms with Gasteiger partial charge in [-0.1, -0.05) is 61.7 Å². The van der Waals surface area contributed by atoms with Crippen LogP contribution in [0.3, 0.4) is 0 Å². The summed E-state index contributed by atoms with van der Waals surface area (Å²) >= 11 is 0. The third-order valence-corrected chi connectivity index (χ3v) is 6.04. The van der Waals surface area contributed by atoms with E-state index in [0.717, 1.165) is 41.1 Å². The Morgan fingerprint density at radius 3 is 2.36 bits per heavy atom. The minimum Gasteiger partial charge on any atom is -0.370 e. The van der Waals surface area contributed by atoms with Gasteiger partial charge in [0, 0.05) is 23.6 Å². The van der Waals surface area contributed by atoms with Gasteiger partial charge in [-0.2, -0.15) is 0 Å². The highest BCUT2D eigenvalue weighted by atomic mass is 16.1. The van der Waals surface area contributed by atoms with Crippen LogP contribution in [0.2, 0.25) is 0 Å². The number of aliphatic imine (C=N–C) groups is 1. The van der Waals surface area contributed by atoms with Crippen molar-refractivity contribution in [2.45, 2.75) is 51.5 Å². The molecule has 170 valence electrons. The molecule has 1 fully saturated rings. The van der Waals surface area contributed by atoms with Gasteiger partial charge in [-0.3, -0.25) is 4.79 Å². The normalized spacial score (nSPS) is 14.0. The number of rotatable bonds is 6. The predicted molar refractivity (Wildman–Crippen MR) is 131 cm³/mol. The van der Waals surface area contributed by atoms with Gasteiger partial charge in [-0.05, 0) is 37.5 Å². The molecule has 7 nitrogen and oxygen atoms in total. The Hall–Kier alpha value is -3.74. The van der Waals surface area contributed by atoms with E-state index >= 15 is 0 Å². The van der Waals surface area contributed by atoms with Crippen molar-refractivity contribution >= 4 is 17.6 Å². The first-order valence-electron chi connectivity index (χ1n) is 11.4. The van der Waals surface area contributed by atoms with Crippen LogP contribution in [0.1, 0.15) is 65.5 Å². The number of carbonyl (C=O) groups excluding carboxylic acids is 1. The fourth-order valence-electron chi connectivity index (χ4n) is 4.28. The molecule has 7 heteroatoms. The second kappa shape index (κ2) is 10.3. The zero-order valence-electron chi connectivity index (χ0n) is 18.9. The summed E-state index contributed by atoms with van der Waals surface area (Å²) < 4.78 is 0. The highest BCUT2D eigenvalue weighted by Crippen LogP contribution is 2.33. The van der Waals surface area contributed by atoms with E-state index in [1.54, 1.807) is 0 Å². The van der Waals surface area contributed by atoms with Crippen molar-refractivity contribution in [1.82, 2.24) is 15.3 Å². The molecule has 0 aliphatic heterocycles. The molecule has 0 spiro atoms. The Morgan fingerprint density at radius 1 is 1.00 bits per heavy atom. The number of amides is 1. The van der Waals surface area contributed by atoms with Crippen molar-refractivity contribution in [3.8, 4) is 11.3 Å². The highest BCUT2D eigenvalue weighted by Gasteiger charge is 2.24. The molecule has 0 unspecified atom stereocenters. The number of nitrogens with two attached hydrogens (primary N) is 2. The van der Waals surface area contributed by atoms with E-state index in [1.807, 2.05) is 61.5 Å². The van der Waals surface area contributed by atoms with Gasteiger partial charge in [0.25, 0.3) is 5.91 Å². The van der Waals surface area contributed by atoms with Gasteiger partial charge in [0.05, 0.1) is 11.4 Å². The molecule has 3 aromatic rings. The summed E-state index contributed by atoms with van der Waals surface area (Å²) in [4.78, 5) is 27.0. The van der Waals surface area contributed by atoms with Gasteiger partial charge in [0.2, 0.25) is 0 Å². The average Bonchev–Trinajstić information content (AvgIpc) is 2.84. The summed E-state index contributed by atoms with van der Waals surface area (Å²) in [5, 5.41) is 3.02. The lowest BCUT2D eigenvalue weighted by Gasteiger charge is -2.22. The van der Waals surface area contributed by atoms with Crippen molar-refractivity contribution in [1.29, 1.82) is 0 Å². The molecule has 5 N–H and O–H groups in total. The standard InChI is InChI=1S/C26H30N6O/c1-17-22(19-12-14-21(15-13-19)30-26(27)28)31-24(20-10-6-3-7-11-20)32-23(17)25(33)29-16-18-8-4-2-5-9-18/h2,4-5,8-9,12-15,20H,3,6-7,10-11,16H2,1H3,(H,29,33)(H4,27,28,30). The van der Waals surface area contributed by atoms with Crippen molar-refractivity contribution in [2.75, 3.05) is 0 Å². The van der Waals surface area contributed by atoms with Gasteiger partial charge >= 0.3 is 0 Å². The molecule has 0 saturated heterocycles. The number of nitrogens with one attached hydrogen (secondary N) is 1. The first kappa shape index (κ1) is 22.5. The Bertz CT molecular complexity index is 1130. The Morgan fingerprint density at radius 2 is 1.70 bits per heavy atom. The molecule has 0 atom stereocenters. The lowest BCUT2D eigenvalue weighted by atomic mass is 9.88. The summed E-state index contributed by atoms with van der Waals surface area (Å²) in [5.74, 6) is 0.861. The molecule has 1 amide bonds. The highest BCUT2D eigenvalue weighted by molar-refractivity contribution is 5.95. The number of benzene rings is 2. The fraction of sp³-hybridized carbons (Fsp3) is 0.308. The topological polar surface area (TPSA) is 119 Å². The molecule has 1 aliphatic carbocycles. The molecule has 4 rings (SSSR count). The number of aromatic nitrogens is 2. The number of nitrogens with zero attached hydrogens (tertiary/aromatic N) is 3. The molecule has 1 heterocycles. The third-order valence-electron chi connectivity index (χ3n) is 6.04. The molecule has 1 saturated carbocycles.